The number of rotatable bonds is 4. The van der Waals surface area contributed by atoms with E-state index in [-0.39, 0.29) is 0 Å². The second-order valence-corrected chi connectivity index (χ2v) is 3.43. The lowest BCUT2D eigenvalue weighted by molar-refractivity contribution is 0.540. The topological polar surface area (TPSA) is 13.1 Å². The van der Waals surface area contributed by atoms with Crippen molar-refractivity contribution in [2.24, 2.45) is 0 Å². The van der Waals surface area contributed by atoms with Gasteiger partial charge in [0.2, 0.25) is 0 Å². The van der Waals surface area contributed by atoms with Crippen LogP contribution in [0.25, 0.3) is 11.0 Å². The Labute approximate surface area is 84.0 Å². The molecular formula is C13H14O. The lowest BCUT2D eigenvalue weighted by atomic mass is 10.2. The summed E-state index contributed by atoms with van der Waals surface area (Å²) in [5.41, 5.74) is 0.987. The van der Waals surface area contributed by atoms with Crippen LogP contribution in [-0.4, -0.2) is 0 Å². The molecule has 0 bridgehead atoms. The maximum atomic E-state index is 5.68. The van der Waals surface area contributed by atoms with Crippen LogP contribution in [0.3, 0.4) is 0 Å². The van der Waals surface area contributed by atoms with Crippen molar-refractivity contribution in [1.82, 2.24) is 0 Å². The maximum Gasteiger partial charge on any atom is 0.134 e. The van der Waals surface area contributed by atoms with E-state index in [4.69, 9.17) is 4.42 Å². The van der Waals surface area contributed by atoms with E-state index in [1.165, 1.54) is 5.39 Å². The van der Waals surface area contributed by atoms with Gasteiger partial charge in [0.25, 0.3) is 0 Å². The first kappa shape index (κ1) is 9.07. The number of aryl methyl sites for hydroxylation is 1. The molecule has 2 rings (SSSR count). The predicted molar refractivity (Wildman–Crippen MR) is 59.3 cm³/mol. The van der Waals surface area contributed by atoms with Gasteiger partial charge in [0, 0.05) is 11.8 Å². The van der Waals surface area contributed by atoms with Gasteiger partial charge in [0.15, 0.2) is 0 Å². The number of hydrogen-bond acceptors (Lipinski definition) is 1. The Bertz CT molecular complexity index is 392. The van der Waals surface area contributed by atoms with E-state index >= 15 is 0 Å². The number of unbranched alkanes of at least 4 members (excludes halogenated alkanes) is 1. The Kier molecular flexibility index (Phi) is 2.68. The lowest BCUT2D eigenvalue weighted by Gasteiger charge is -1.91. The van der Waals surface area contributed by atoms with Crippen LogP contribution >= 0.6 is 0 Å². The van der Waals surface area contributed by atoms with Crippen LogP contribution in [0.2, 0.25) is 0 Å². The highest BCUT2D eigenvalue weighted by atomic mass is 16.3. The molecule has 0 amide bonds. The van der Waals surface area contributed by atoms with Crippen LogP contribution in [0, 0.1) is 0 Å². The zero-order valence-corrected chi connectivity index (χ0v) is 8.20. The molecule has 1 nitrogen and oxygen atoms in total. The Morgan fingerprint density at radius 2 is 2.14 bits per heavy atom. The molecule has 2 aromatic rings. The average Bonchev–Trinajstić information content (AvgIpc) is 2.60. The molecule has 0 saturated carbocycles. The predicted octanol–water partition coefficient (Wildman–Crippen LogP) is 3.94. The standard InChI is InChI=1S/C13H14O/c1-2-3-4-8-12-10-11-7-5-6-9-13(11)14-12/h2,5-7,9-10H,1,3-4,8H2. The molecule has 0 fully saturated rings. The van der Waals surface area contributed by atoms with E-state index in [0.717, 1.165) is 30.6 Å². The highest BCUT2D eigenvalue weighted by Gasteiger charge is 2.01. The second kappa shape index (κ2) is 4.14. The first-order valence-corrected chi connectivity index (χ1v) is 4.98. The van der Waals surface area contributed by atoms with Crippen molar-refractivity contribution in [3.8, 4) is 0 Å². The van der Waals surface area contributed by atoms with Crippen molar-refractivity contribution in [3.63, 3.8) is 0 Å². The number of benzene rings is 1. The number of allylic oxidation sites excluding steroid dienone is 1. The fourth-order valence-corrected chi connectivity index (χ4v) is 1.58. The van der Waals surface area contributed by atoms with Gasteiger partial charge in [-0.25, -0.2) is 0 Å². The Morgan fingerprint density at radius 3 is 2.93 bits per heavy atom. The third-order valence-electron chi connectivity index (χ3n) is 2.31. The Morgan fingerprint density at radius 1 is 1.29 bits per heavy atom. The van der Waals surface area contributed by atoms with Crippen LogP contribution in [-0.2, 0) is 6.42 Å². The van der Waals surface area contributed by atoms with E-state index in [1.807, 2.05) is 24.3 Å². The molecule has 1 aromatic carbocycles. The minimum atomic E-state index is 0.987. The fourth-order valence-electron chi connectivity index (χ4n) is 1.58. The van der Waals surface area contributed by atoms with Crippen molar-refractivity contribution < 1.29 is 4.42 Å². The van der Waals surface area contributed by atoms with E-state index in [2.05, 4.69) is 18.7 Å². The summed E-state index contributed by atoms with van der Waals surface area (Å²) in [6.07, 6.45) is 5.11. The van der Waals surface area contributed by atoms with Crippen LogP contribution in [0.15, 0.2) is 47.4 Å². The molecule has 1 heteroatoms. The Hall–Kier alpha value is -1.50. The molecule has 72 valence electrons. The van der Waals surface area contributed by atoms with Crippen molar-refractivity contribution in [2.75, 3.05) is 0 Å². The summed E-state index contributed by atoms with van der Waals surface area (Å²) in [4.78, 5) is 0. The summed E-state index contributed by atoms with van der Waals surface area (Å²) >= 11 is 0. The number of hydrogen-bond donors (Lipinski definition) is 0. The van der Waals surface area contributed by atoms with E-state index in [0.29, 0.717) is 0 Å². The van der Waals surface area contributed by atoms with E-state index < -0.39 is 0 Å². The summed E-state index contributed by atoms with van der Waals surface area (Å²) in [5, 5.41) is 1.20. The third kappa shape index (κ3) is 1.87. The minimum absolute atomic E-state index is 0.987. The average molecular weight is 186 g/mol. The quantitative estimate of drug-likeness (QED) is 0.520. The normalized spacial score (nSPS) is 10.6. The lowest BCUT2D eigenvalue weighted by Crippen LogP contribution is -1.78. The van der Waals surface area contributed by atoms with Crippen LogP contribution in [0.1, 0.15) is 18.6 Å². The van der Waals surface area contributed by atoms with Gasteiger partial charge in [-0.2, -0.15) is 0 Å². The van der Waals surface area contributed by atoms with Crippen LogP contribution < -0.4 is 0 Å². The molecule has 0 aliphatic carbocycles. The molecule has 1 aromatic heterocycles. The number of furan rings is 1. The molecule has 0 aliphatic rings. The van der Waals surface area contributed by atoms with Crippen LogP contribution in [0.4, 0.5) is 0 Å². The summed E-state index contributed by atoms with van der Waals surface area (Å²) in [5.74, 6) is 1.08. The molecule has 0 aliphatic heterocycles. The smallest absolute Gasteiger partial charge is 0.134 e. The van der Waals surface area contributed by atoms with Gasteiger partial charge in [-0.15, -0.1) is 6.58 Å². The highest BCUT2D eigenvalue weighted by molar-refractivity contribution is 5.77. The molecule has 0 saturated heterocycles. The van der Waals surface area contributed by atoms with Crippen molar-refractivity contribution in [3.05, 3.63) is 48.7 Å². The number of fused-ring (bicyclic) bond motifs is 1. The third-order valence-corrected chi connectivity index (χ3v) is 2.31. The van der Waals surface area contributed by atoms with Gasteiger partial charge >= 0.3 is 0 Å². The fraction of sp³-hybridized carbons (Fsp3) is 0.231. The minimum Gasteiger partial charge on any atom is -0.461 e. The highest BCUT2D eigenvalue weighted by Crippen LogP contribution is 2.19. The molecule has 1 heterocycles. The van der Waals surface area contributed by atoms with Crippen molar-refractivity contribution in [2.45, 2.75) is 19.3 Å². The molecule has 14 heavy (non-hydrogen) atoms. The van der Waals surface area contributed by atoms with Gasteiger partial charge in [-0.05, 0) is 25.0 Å². The summed E-state index contributed by atoms with van der Waals surface area (Å²) in [6.45, 7) is 3.70. The van der Waals surface area contributed by atoms with Gasteiger partial charge in [-0.1, -0.05) is 24.3 Å². The zero-order chi connectivity index (χ0) is 9.80. The van der Waals surface area contributed by atoms with E-state index in [1.54, 1.807) is 0 Å². The van der Waals surface area contributed by atoms with E-state index in [9.17, 15) is 0 Å². The van der Waals surface area contributed by atoms with Crippen molar-refractivity contribution in [1.29, 1.82) is 0 Å². The molecule has 0 atom stereocenters. The number of para-hydroxylation sites is 1. The first-order valence-electron chi connectivity index (χ1n) is 4.98. The second-order valence-electron chi connectivity index (χ2n) is 3.43. The summed E-state index contributed by atoms with van der Waals surface area (Å²) in [7, 11) is 0. The van der Waals surface area contributed by atoms with Crippen molar-refractivity contribution >= 4 is 11.0 Å². The van der Waals surface area contributed by atoms with Gasteiger partial charge in [0.05, 0.1) is 0 Å². The molecule has 0 radical (unpaired) electrons. The van der Waals surface area contributed by atoms with Gasteiger partial charge in [-0.3, -0.25) is 0 Å². The molecule has 0 N–H and O–H groups in total. The largest absolute Gasteiger partial charge is 0.461 e. The van der Waals surface area contributed by atoms with Gasteiger partial charge in [0.1, 0.15) is 11.3 Å². The van der Waals surface area contributed by atoms with Gasteiger partial charge < -0.3 is 4.42 Å². The first-order chi connectivity index (χ1) is 6.90. The zero-order valence-electron chi connectivity index (χ0n) is 8.20. The van der Waals surface area contributed by atoms with Crippen LogP contribution in [0.5, 0.6) is 0 Å². The molecule has 0 spiro atoms. The summed E-state index contributed by atoms with van der Waals surface area (Å²) < 4.78 is 5.68. The molecular weight excluding hydrogens is 172 g/mol. The Balaban J connectivity index is 2.14. The molecule has 0 unspecified atom stereocenters. The SMILES string of the molecule is C=CCCCc1cc2ccccc2o1. The monoisotopic (exact) mass is 186 g/mol. The maximum absolute atomic E-state index is 5.68. The summed E-state index contributed by atoms with van der Waals surface area (Å²) in [6, 6.07) is 10.2.